The number of halogens is 2. The summed E-state index contributed by atoms with van der Waals surface area (Å²) < 4.78 is 1.13. The molecule has 0 saturated heterocycles. The lowest BCUT2D eigenvalue weighted by atomic mass is 10.2. The summed E-state index contributed by atoms with van der Waals surface area (Å²) in [6.07, 6.45) is 2.61. The number of rotatable bonds is 5. The number of unbranched alkanes of at least 4 members (excludes halogenated alkanes) is 2. The number of anilines is 1. The van der Waals surface area contributed by atoms with Crippen LogP contribution in [0.1, 0.15) is 19.3 Å². The minimum atomic E-state index is 0.638. The molecular weight excluding hydrogens is 322 g/mol. The summed E-state index contributed by atoms with van der Waals surface area (Å²) in [5, 5.41) is 12.5. The molecule has 0 aliphatic carbocycles. The van der Waals surface area contributed by atoms with Gasteiger partial charge in [0.25, 0.3) is 0 Å². The van der Waals surface area contributed by atoms with Gasteiger partial charge in [0, 0.05) is 27.2 Å². The Balaban J connectivity index is 2.35. The van der Waals surface area contributed by atoms with Crippen molar-refractivity contribution < 1.29 is 0 Å². The summed E-state index contributed by atoms with van der Waals surface area (Å²) in [5.74, 6) is 0. The highest BCUT2D eigenvalue weighted by Gasteiger charge is 1.99. The van der Waals surface area contributed by atoms with Gasteiger partial charge in [0.2, 0.25) is 0 Å². The molecule has 15 heavy (non-hydrogen) atoms. The third-order valence-electron chi connectivity index (χ3n) is 1.96. The van der Waals surface area contributed by atoms with Crippen molar-refractivity contribution in [2.24, 2.45) is 0 Å². The molecule has 1 aromatic rings. The van der Waals surface area contributed by atoms with E-state index in [1.807, 2.05) is 18.2 Å². The van der Waals surface area contributed by atoms with Gasteiger partial charge in [-0.15, -0.1) is 0 Å². The van der Waals surface area contributed by atoms with Crippen LogP contribution in [0, 0.1) is 14.9 Å². The van der Waals surface area contributed by atoms with Crippen molar-refractivity contribution in [1.82, 2.24) is 0 Å². The Bertz CT molecular complexity index is 360. The van der Waals surface area contributed by atoms with Gasteiger partial charge in [-0.2, -0.15) is 5.26 Å². The molecule has 0 radical (unpaired) electrons. The second-order valence-electron chi connectivity index (χ2n) is 3.17. The molecule has 0 heterocycles. The monoisotopic (exact) mass is 334 g/mol. The fraction of sp³-hybridized carbons (Fsp3) is 0.364. The normalized spacial score (nSPS) is 9.67. The number of nitrogens with zero attached hydrogens (tertiary/aromatic N) is 1. The molecule has 0 bridgehead atoms. The fourth-order valence-electron chi connectivity index (χ4n) is 1.18. The zero-order chi connectivity index (χ0) is 11.1. The zero-order valence-corrected chi connectivity index (χ0v) is 11.2. The van der Waals surface area contributed by atoms with Gasteiger partial charge in [-0.3, -0.25) is 0 Å². The Kier molecular flexibility index (Phi) is 5.81. The van der Waals surface area contributed by atoms with Crippen LogP contribution in [-0.4, -0.2) is 6.54 Å². The highest BCUT2D eigenvalue weighted by molar-refractivity contribution is 14.1. The largest absolute Gasteiger partial charge is 0.384 e. The number of nitrogens with one attached hydrogen (secondary N) is 1. The van der Waals surface area contributed by atoms with Crippen LogP contribution in [0.2, 0.25) is 5.02 Å². The maximum absolute atomic E-state index is 8.37. The highest BCUT2D eigenvalue weighted by Crippen LogP contribution is 2.22. The van der Waals surface area contributed by atoms with Crippen LogP contribution >= 0.6 is 34.2 Å². The Morgan fingerprint density at radius 2 is 2.20 bits per heavy atom. The minimum absolute atomic E-state index is 0.638. The average Bonchev–Trinajstić information content (AvgIpc) is 2.20. The van der Waals surface area contributed by atoms with E-state index in [-0.39, 0.29) is 0 Å². The summed E-state index contributed by atoms with van der Waals surface area (Å²) in [6, 6.07) is 7.93. The first-order chi connectivity index (χ1) is 7.24. The maximum Gasteiger partial charge on any atom is 0.0621 e. The molecule has 80 valence electrons. The van der Waals surface area contributed by atoms with Gasteiger partial charge in [0.05, 0.1) is 6.07 Å². The van der Waals surface area contributed by atoms with E-state index in [0.29, 0.717) is 6.42 Å². The average molecular weight is 335 g/mol. The molecule has 1 N–H and O–H groups in total. The van der Waals surface area contributed by atoms with Gasteiger partial charge < -0.3 is 5.32 Å². The van der Waals surface area contributed by atoms with E-state index in [1.165, 1.54) is 0 Å². The predicted octanol–water partition coefficient (Wildman–Crippen LogP) is 4.05. The van der Waals surface area contributed by atoms with Gasteiger partial charge >= 0.3 is 0 Å². The van der Waals surface area contributed by atoms with Crippen molar-refractivity contribution in [1.29, 1.82) is 5.26 Å². The van der Waals surface area contributed by atoms with Gasteiger partial charge in [-0.05, 0) is 53.6 Å². The molecule has 0 aliphatic rings. The van der Waals surface area contributed by atoms with Crippen molar-refractivity contribution in [2.45, 2.75) is 19.3 Å². The molecule has 2 nitrogen and oxygen atoms in total. The van der Waals surface area contributed by atoms with Gasteiger partial charge in [0.1, 0.15) is 0 Å². The molecule has 0 unspecified atom stereocenters. The van der Waals surface area contributed by atoms with Crippen molar-refractivity contribution in [3.8, 4) is 6.07 Å². The maximum atomic E-state index is 8.37. The molecule has 0 fully saturated rings. The van der Waals surface area contributed by atoms with E-state index in [1.54, 1.807) is 0 Å². The van der Waals surface area contributed by atoms with E-state index < -0.39 is 0 Å². The topological polar surface area (TPSA) is 35.8 Å². The van der Waals surface area contributed by atoms with Crippen LogP contribution in [0.25, 0.3) is 0 Å². The van der Waals surface area contributed by atoms with E-state index in [2.05, 4.69) is 34.0 Å². The lowest BCUT2D eigenvalue weighted by molar-refractivity contribution is 0.784. The van der Waals surface area contributed by atoms with Crippen LogP contribution in [-0.2, 0) is 0 Å². The lowest BCUT2D eigenvalue weighted by Gasteiger charge is -2.07. The summed E-state index contributed by atoms with van der Waals surface area (Å²) in [6.45, 7) is 0.902. The Morgan fingerprint density at radius 1 is 1.40 bits per heavy atom. The van der Waals surface area contributed by atoms with Gasteiger partial charge in [-0.25, -0.2) is 0 Å². The predicted molar refractivity (Wildman–Crippen MR) is 72.1 cm³/mol. The second kappa shape index (κ2) is 6.91. The molecule has 0 aromatic heterocycles. The van der Waals surface area contributed by atoms with Crippen molar-refractivity contribution >= 4 is 39.9 Å². The van der Waals surface area contributed by atoms with Crippen LogP contribution in [0.4, 0.5) is 5.69 Å². The molecular formula is C11H12ClIN2. The molecule has 4 heteroatoms. The molecule has 1 aromatic carbocycles. The summed E-state index contributed by atoms with van der Waals surface area (Å²) in [7, 11) is 0. The summed E-state index contributed by atoms with van der Waals surface area (Å²) in [4.78, 5) is 0. The van der Waals surface area contributed by atoms with Crippen LogP contribution in [0.3, 0.4) is 0 Å². The molecule has 1 rings (SSSR count). The van der Waals surface area contributed by atoms with Crippen molar-refractivity contribution in [3.05, 3.63) is 26.8 Å². The fourth-order valence-corrected chi connectivity index (χ4v) is 2.25. The van der Waals surface area contributed by atoms with Crippen LogP contribution in [0.5, 0.6) is 0 Å². The van der Waals surface area contributed by atoms with Crippen molar-refractivity contribution in [3.63, 3.8) is 0 Å². The zero-order valence-electron chi connectivity index (χ0n) is 8.26. The van der Waals surface area contributed by atoms with Crippen LogP contribution in [0.15, 0.2) is 18.2 Å². The van der Waals surface area contributed by atoms with Gasteiger partial charge in [-0.1, -0.05) is 11.6 Å². The SMILES string of the molecule is N#CCCCCNc1ccc(Cl)cc1I. The molecule has 0 aliphatic heterocycles. The number of benzene rings is 1. The first-order valence-electron chi connectivity index (χ1n) is 4.80. The standard InChI is InChI=1S/C11H12ClIN2/c12-9-4-5-11(10(13)8-9)15-7-3-1-2-6-14/h4-5,8,15H,1-3,7H2. The Labute approximate surface area is 109 Å². The van der Waals surface area contributed by atoms with Gasteiger partial charge in [0.15, 0.2) is 0 Å². The number of nitriles is 1. The number of hydrogen-bond donors (Lipinski definition) is 1. The third-order valence-corrected chi connectivity index (χ3v) is 3.09. The van der Waals surface area contributed by atoms with E-state index in [9.17, 15) is 0 Å². The molecule has 0 saturated carbocycles. The van der Waals surface area contributed by atoms with Crippen molar-refractivity contribution in [2.75, 3.05) is 11.9 Å². The summed E-state index contributed by atoms with van der Waals surface area (Å²) in [5.41, 5.74) is 1.11. The summed E-state index contributed by atoms with van der Waals surface area (Å²) >= 11 is 8.11. The van der Waals surface area contributed by atoms with E-state index >= 15 is 0 Å². The first kappa shape index (κ1) is 12.6. The third kappa shape index (κ3) is 4.72. The minimum Gasteiger partial charge on any atom is -0.384 e. The first-order valence-corrected chi connectivity index (χ1v) is 6.25. The Hall–Kier alpha value is -0.470. The van der Waals surface area contributed by atoms with E-state index in [4.69, 9.17) is 16.9 Å². The molecule has 0 amide bonds. The Morgan fingerprint density at radius 3 is 2.87 bits per heavy atom. The quantitative estimate of drug-likeness (QED) is 0.651. The molecule has 0 spiro atoms. The van der Waals surface area contributed by atoms with E-state index in [0.717, 1.165) is 33.7 Å². The highest BCUT2D eigenvalue weighted by atomic mass is 127. The lowest BCUT2D eigenvalue weighted by Crippen LogP contribution is -2.02. The smallest absolute Gasteiger partial charge is 0.0621 e. The molecule has 0 atom stereocenters. The second-order valence-corrected chi connectivity index (χ2v) is 4.76. The number of hydrogen-bond acceptors (Lipinski definition) is 2. The van der Waals surface area contributed by atoms with Crippen LogP contribution < -0.4 is 5.32 Å².